The Morgan fingerprint density at radius 1 is 1.04 bits per heavy atom. The Morgan fingerprint density at radius 3 is 2.54 bits per heavy atom. The predicted molar refractivity (Wildman–Crippen MR) is 103 cm³/mol. The summed E-state index contributed by atoms with van der Waals surface area (Å²) in [6, 6.07) is 12.2. The molecule has 1 aromatic heterocycles. The molecule has 3 heteroatoms. The van der Waals surface area contributed by atoms with Crippen LogP contribution in [0.4, 0.5) is 0 Å². The maximum atomic E-state index is 11.7. The van der Waals surface area contributed by atoms with Crippen molar-refractivity contribution in [3.63, 3.8) is 0 Å². The number of allylic oxidation sites excluding steroid dienone is 1. The van der Waals surface area contributed by atoms with Crippen LogP contribution in [0.3, 0.4) is 0 Å². The van der Waals surface area contributed by atoms with Gasteiger partial charge in [-0.2, -0.15) is 0 Å². The molecule has 0 bridgehead atoms. The standard InChI is InChI=1S/C21H26O2S/c1-3-5-7-9-19-15-16-20(24-19)17-11-13-18(14-12-17)23-21(22)10-8-6-4-2/h8,10-16H,3-7,9H2,1-2H3. The number of carbonyl (C=O) groups is 1. The first-order valence-electron chi connectivity index (χ1n) is 8.80. The summed E-state index contributed by atoms with van der Waals surface area (Å²) in [5.74, 6) is 0.273. The Kier molecular flexibility index (Phi) is 7.76. The van der Waals surface area contributed by atoms with Gasteiger partial charge >= 0.3 is 5.97 Å². The van der Waals surface area contributed by atoms with E-state index in [2.05, 4.69) is 26.0 Å². The highest BCUT2D eigenvalue weighted by Gasteiger charge is 2.05. The lowest BCUT2D eigenvalue weighted by Crippen LogP contribution is -2.03. The minimum absolute atomic E-state index is 0.314. The van der Waals surface area contributed by atoms with Gasteiger partial charge in [-0.3, -0.25) is 0 Å². The molecule has 0 spiro atoms. The number of unbranched alkanes of at least 4 members (excludes halogenated alkanes) is 3. The van der Waals surface area contributed by atoms with E-state index in [4.69, 9.17) is 4.74 Å². The topological polar surface area (TPSA) is 26.3 Å². The van der Waals surface area contributed by atoms with Gasteiger partial charge in [0.1, 0.15) is 5.75 Å². The molecule has 0 aliphatic heterocycles. The first-order valence-corrected chi connectivity index (χ1v) is 9.62. The molecule has 0 saturated heterocycles. The van der Waals surface area contributed by atoms with Gasteiger partial charge in [-0.1, -0.05) is 39.2 Å². The summed E-state index contributed by atoms with van der Waals surface area (Å²) in [4.78, 5) is 14.4. The minimum atomic E-state index is -0.314. The van der Waals surface area contributed by atoms with Crippen LogP contribution in [0, 0.1) is 0 Å². The lowest BCUT2D eigenvalue weighted by atomic mass is 10.1. The van der Waals surface area contributed by atoms with Crippen molar-refractivity contribution in [3.8, 4) is 16.2 Å². The van der Waals surface area contributed by atoms with Crippen molar-refractivity contribution >= 4 is 17.3 Å². The molecule has 128 valence electrons. The zero-order valence-electron chi connectivity index (χ0n) is 14.6. The second-order valence-corrected chi connectivity index (χ2v) is 7.03. The summed E-state index contributed by atoms with van der Waals surface area (Å²) >= 11 is 1.85. The Bertz CT molecular complexity index is 653. The van der Waals surface area contributed by atoms with E-state index < -0.39 is 0 Å². The van der Waals surface area contributed by atoms with Crippen LogP contribution in [-0.4, -0.2) is 5.97 Å². The molecule has 0 radical (unpaired) electrons. The average Bonchev–Trinajstić information content (AvgIpc) is 3.05. The first-order chi connectivity index (χ1) is 11.7. The smallest absolute Gasteiger partial charge is 0.335 e. The molecule has 0 unspecified atom stereocenters. The van der Waals surface area contributed by atoms with E-state index >= 15 is 0 Å². The van der Waals surface area contributed by atoms with Gasteiger partial charge in [0.25, 0.3) is 0 Å². The van der Waals surface area contributed by atoms with Crippen LogP contribution in [0.2, 0.25) is 0 Å². The highest BCUT2D eigenvalue weighted by molar-refractivity contribution is 7.15. The Hall–Kier alpha value is -1.87. The van der Waals surface area contributed by atoms with Crippen LogP contribution < -0.4 is 4.74 Å². The lowest BCUT2D eigenvalue weighted by Gasteiger charge is -2.03. The number of aryl methyl sites for hydroxylation is 1. The number of carbonyl (C=O) groups excluding carboxylic acids is 1. The molecule has 1 aromatic carbocycles. The molecule has 0 atom stereocenters. The zero-order valence-corrected chi connectivity index (χ0v) is 15.4. The summed E-state index contributed by atoms with van der Waals surface area (Å²) in [6.45, 7) is 4.31. The maximum absolute atomic E-state index is 11.7. The summed E-state index contributed by atoms with van der Waals surface area (Å²) in [7, 11) is 0. The fourth-order valence-electron chi connectivity index (χ4n) is 2.40. The monoisotopic (exact) mass is 342 g/mol. The summed E-state index contributed by atoms with van der Waals surface area (Å²) in [6.07, 6.45) is 10.2. The molecule has 0 aliphatic rings. The predicted octanol–water partition coefficient (Wildman–Crippen LogP) is 6.41. The molecule has 2 aromatic rings. The van der Waals surface area contributed by atoms with Crippen molar-refractivity contribution in [1.82, 2.24) is 0 Å². The van der Waals surface area contributed by atoms with Crippen LogP contribution in [0.5, 0.6) is 5.75 Å². The van der Waals surface area contributed by atoms with Gasteiger partial charge in [-0.05, 0) is 61.2 Å². The molecule has 2 rings (SSSR count). The number of benzene rings is 1. The summed E-state index contributed by atoms with van der Waals surface area (Å²) in [5, 5.41) is 0. The van der Waals surface area contributed by atoms with Crippen molar-refractivity contribution in [2.24, 2.45) is 0 Å². The molecule has 2 nitrogen and oxygen atoms in total. The highest BCUT2D eigenvalue weighted by Crippen LogP contribution is 2.30. The molecule has 0 fully saturated rings. The van der Waals surface area contributed by atoms with E-state index in [9.17, 15) is 4.79 Å². The van der Waals surface area contributed by atoms with Crippen LogP contribution in [0.25, 0.3) is 10.4 Å². The Morgan fingerprint density at radius 2 is 1.83 bits per heavy atom. The number of thiophene rings is 1. The van der Waals surface area contributed by atoms with Crippen molar-refractivity contribution in [1.29, 1.82) is 0 Å². The molecule has 0 N–H and O–H groups in total. The van der Waals surface area contributed by atoms with Crippen LogP contribution in [0.1, 0.15) is 50.8 Å². The maximum Gasteiger partial charge on any atom is 0.335 e. The van der Waals surface area contributed by atoms with Crippen molar-refractivity contribution < 1.29 is 9.53 Å². The van der Waals surface area contributed by atoms with Crippen LogP contribution >= 0.6 is 11.3 Å². The number of rotatable bonds is 9. The van der Waals surface area contributed by atoms with Gasteiger partial charge in [-0.25, -0.2) is 4.79 Å². The number of hydrogen-bond acceptors (Lipinski definition) is 3. The highest BCUT2D eigenvalue weighted by atomic mass is 32.1. The Balaban J connectivity index is 1.93. The van der Waals surface area contributed by atoms with Crippen LogP contribution in [0.15, 0.2) is 48.6 Å². The lowest BCUT2D eigenvalue weighted by molar-refractivity contribution is -0.129. The summed E-state index contributed by atoms with van der Waals surface area (Å²) < 4.78 is 5.30. The third-order valence-electron chi connectivity index (χ3n) is 3.75. The van der Waals surface area contributed by atoms with Crippen molar-refractivity contribution in [2.75, 3.05) is 0 Å². The number of esters is 1. The van der Waals surface area contributed by atoms with E-state index in [0.717, 1.165) is 19.3 Å². The molecule has 0 saturated carbocycles. The fraction of sp³-hybridized carbons (Fsp3) is 0.381. The van der Waals surface area contributed by atoms with E-state index in [-0.39, 0.29) is 5.97 Å². The quantitative estimate of drug-likeness (QED) is 0.228. The molecule has 24 heavy (non-hydrogen) atoms. The zero-order chi connectivity index (χ0) is 17.2. The van der Waals surface area contributed by atoms with Crippen molar-refractivity contribution in [3.05, 3.63) is 53.4 Å². The molecule has 0 aliphatic carbocycles. The van der Waals surface area contributed by atoms with Crippen LogP contribution in [-0.2, 0) is 11.2 Å². The average molecular weight is 343 g/mol. The van der Waals surface area contributed by atoms with Gasteiger partial charge in [-0.15, -0.1) is 11.3 Å². The second kappa shape index (κ2) is 10.1. The SMILES string of the molecule is CCCC=CC(=O)Oc1ccc(-c2ccc(CCCCC)s2)cc1. The minimum Gasteiger partial charge on any atom is -0.423 e. The van der Waals surface area contributed by atoms with E-state index in [1.807, 2.05) is 41.7 Å². The third-order valence-corrected chi connectivity index (χ3v) is 4.95. The molecular formula is C21H26O2S. The second-order valence-electron chi connectivity index (χ2n) is 5.86. The Labute approximate surface area is 149 Å². The largest absolute Gasteiger partial charge is 0.423 e. The number of ether oxygens (including phenoxy) is 1. The summed E-state index contributed by atoms with van der Waals surface area (Å²) in [5.41, 5.74) is 1.17. The molecule has 0 amide bonds. The third kappa shape index (κ3) is 5.97. The van der Waals surface area contributed by atoms with E-state index in [1.165, 1.54) is 40.7 Å². The number of hydrogen-bond donors (Lipinski definition) is 0. The van der Waals surface area contributed by atoms with Gasteiger partial charge in [0.2, 0.25) is 0 Å². The molecule has 1 heterocycles. The van der Waals surface area contributed by atoms with Gasteiger partial charge in [0.15, 0.2) is 0 Å². The van der Waals surface area contributed by atoms with Gasteiger partial charge in [0.05, 0.1) is 0 Å². The van der Waals surface area contributed by atoms with Gasteiger partial charge < -0.3 is 4.74 Å². The van der Waals surface area contributed by atoms with Gasteiger partial charge in [0, 0.05) is 15.8 Å². The van der Waals surface area contributed by atoms with E-state index in [0.29, 0.717) is 5.75 Å². The van der Waals surface area contributed by atoms with Crippen molar-refractivity contribution in [2.45, 2.75) is 52.4 Å². The molecular weight excluding hydrogens is 316 g/mol. The van der Waals surface area contributed by atoms with E-state index in [1.54, 1.807) is 0 Å². The normalized spacial score (nSPS) is 11.1. The fourth-order valence-corrected chi connectivity index (χ4v) is 3.46. The first kappa shape index (κ1) is 18.5.